The van der Waals surface area contributed by atoms with E-state index in [1.54, 1.807) is 7.11 Å². The second kappa shape index (κ2) is 7.11. The Balaban J connectivity index is 2.10. The number of aryl methyl sites for hydroxylation is 1. The Morgan fingerprint density at radius 2 is 2.30 bits per heavy atom. The summed E-state index contributed by atoms with van der Waals surface area (Å²) in [4.78, 5) is 4.66. The van der Waals surface area contributed by atoms with Gasteiger partial charge in [-0.15, -0.1) is 0 Å². The highest BCUT2D eigenvalue weighted by molar-refractivity contribution is 5.31. The van der Waals surface area contributed by atoms with Crippen LogP contribution in [0.15, 0.2) is 6.20 Å². The van der Waals surface area contributed by atoms with E-state index < -0.39 is 0 Å². The normalized spacial score (nSPS) is 24.6. The molecule has 114 valence electrons. The van der Waals surface area contributed by atoms with Gasteiger partial charge in [-0.1, -0.05) is 26.2 Å². The van der Waals surface area contributed by atoms with Gasteiger partial charge in [0.25, 0.3) is 0 Å². The van der Waals surface area contributed by atoms with Gasteiger partial charge in [-0.05, 0) is 32.6 Å². The minimum Gasteiger partial charge on any atom is -0.383 e. The summed E-state index contributed by atoms with van der Waals surface area (Å²) in [6, 6.07) is 0.887. The number of ether oxygens (including phenoxy) is 1. The lowest BCUT2D eigenvalue weighted by atomic mass is 9.84. The maximum atomic E-state index is 5.20. The number of hydrogen-bond donors (Lipinski definition) is 1. The van der Waals surface area contributed by atoms with Gasteiger partial charge in [-0.2, -0.15) is 0 Å². The van der Waals surface area contributed by atoms with Crippen LogP contribution in [-0.2, 0) is 4.74 Å². The van der Waals surface area contributed by atoms with Crippen molar-refractivity contribution in [3.05, 3.63) is 11.9 Å². The molecule has 0 saturated heterocycles. The average molecular weight is 279 g/mol. The maximum Gasteiger partial charge on any atom is 0.203 e. The van der Waals surface area contributed by atoms with Gasteiger partial charge in [-0.3, -0.25) is 0 Å². The minimum absolute atomic E-state index is 0.283. The number of hydrogen-bond acceptors (Lipinski definition) is 3. The molecule has 4 nitrogen and oxygen atoms in total. The molecule has 0 bridgehead atoms. The molecule has 1 heterocycles. The molecule has 2 rings (SSSR count). The van der Waals surface area contributed by atoms with E-state index in [0.29, 0.717) is 12.6 Å². The van der Waals surface area contributed by atoms with Crippen molar-refractivity contribution in [2.24, 2.45) is 5.92 Å². The molecule has 3 atom stereocenters. The lowest BCUT2D eigenvalue weighted by Crippen LogP contribution is -2.25. The average Bonchev–Trinajstić information content (AvgIpc) is 2.80. The summed E-state index contributed by atoms with van der Waals surface area (Å²) in [5.74, 6) is 1.88. The monoisotopic (exact) mass is 279 g/mol. The number of methoxy groups -OCH3 is 1. The molecule has 1 aliphatic rings. The molecule has 0 aromatic carbocycles. The summed E-state index contributed by atoms with van der Waals surface area (Å²) in [6.07, 6.45) is 8.80. The minimum atomic E-state index is 0.283. The van der Waals surface area contributed by atoms with E-state index in [9.17, 15) is 0 Å². The van der Waals surface area contributed by atoms with Gasteiger partial charge in [-0.25, -0.2) is 4.98 Å². The second-order valence-electron chi connectivity index (χ2n) is 6.21. The Labute approximate surface area is 122 Å². The van der Waals surface area contributed by atoms with Gasteiger partial charge in [0.05, 0.1) is 12.3 Å². The maximum absolute atomic E-state index is 5.20. The third-order valence-electron chi connectivity index (χ3n) is 4.37. The Bertz CT molecular complexity index is 416. The summed E-state index contributed by atoms with van der Waals surface area (Å²) >= 11 is 0. The predicted molar refractivity (Wildman–Crippen MR) is 83.2 cm³/mol. The van der Waals surface area contributed by atoms with Crippen LogP contribution >= 0.6 is 0 Å². The Morgan fingerprint density at radius 1 is 1.50 bits per heavy atom. The number of imidazole rings is 1. The molecular weight excluding hydrogens is 250 g/mol. The van der Waals surface area contributed by atoms with Crippen molar-refractivity contribution in [1.82, 2.24) is 9.55 Å². The number of rotatable bonds is 6. The summed E-state index contributed by atoms with van der Waals surface area (Å²) in [5, 5.41) is 3.49. The molecule has 1 N–H and O–H groups in total. The van der Waals surface area contributed by atoms with Gasteiger partial charge in [0.2, 0.25) is 5.95 Å². The molecule has 1 aliphatic carbocycles. The van der Waals surface area contributed by atoms with E-state index in [-0.39, 0.29) is 6.04 Å². The topological polar surface area (TPSA) is 39.1 Å². The van der Waals surface area contributed by atoms with Crippen molar-refractivity contribution in [3.63, 3.8) is 0 Å². The molecule has 3 unspecified atom stereocenters. The molecule has 0 aliphatic heterocycles. The molecule has 0 radical (unpaired) electrons. The fourth-order valence-corrected chi connectivity index (χ4v) is 3.30. The smallest absolute Gasteiger partial charge is 0.203 e. The SMILES string of the molecule is CCC1CCCC(n2cc(C)nc2NC(C)COC)C1. The summed E-state index contributed by atoms with van der Waals surface area (Å²) in [6.45, 7) is 7.22. The first-order valence-electron chi connectivity index (χ1n) is 7.95. The largest absolute Gasteiger partial charge is 0.383 e. The van der Waals surface area contributed by atoms with Crippen molar-refractivity contribution < 1.29 is 4.74 Å². The molecule has 1 aromatic heterocycles. The zero-order valence-corrected chi connectivity index (χ0v) is 13.4. The summed E-state index contributed by atoms with van der Waals surface area (Å²) in [7, 11) is 1.74. The summed E-state index contributed by atoms with van der Waals surface area (Å²) in [5.41, 5.74) is 1.09. The van der Waals surface area contributed by atoms with Gasteiger partial charge >= 0.3 is 0 Å². The summed E-state index contributed by atoms with van der Waals surface area (Å²) < 4.78 is 7.57. The van der Waals surface area contributed by atoms with Gasteiger partial charge in [0, 0.05) is 25.4 Å². The van der Waals surface area contributed by atoms with Gasteiger partial charge in [0.1, 0.15) is 0 Å². The fraction of sp³-hybridized carbons (Fsp3) is 0.812. The van der Waals surface area contributed by atoms with E-state index in [2.05, 4.69) is 41.8 Å². The molecule has 0 spiro atoms. The highest BCUT2D eigenvalue weighted by atomic mass is 16.5. The molecule has 20 heavy (non-hydrogen) atoms. The number of anilines is 1. The molecule has 1 fully saturated rings. The molecule has 4 heteroatoms. The van der Waals surface area contributed by atoms with Crippen molar-refractivity contribution in [2.45, 2.75) is 65.0 Å². The van der Waals surface area contributed by atoms with Gasteiger partial charge < -0.3 is 14.6 Å². The first kappa shape index (κ1) is 15.4. The number of nitrogens with zero attached hydrogens (tertiary/aromatic N) is 2. The quantitative estimate of drug-likeness (QED) is 0.861. The first-order chi connectivity index (χ1) is 9.63. The van der Waals surface area contributed by atoms with Crippen molar-refractivity contribution in [1.29, 1.82) is 0 Å². The van der Waals surface area contributed by atoms with Crippen LogP contribution in [0.25, 0.3) is 0 Å². The van der Waals surface area contributed by atoms with E-state index in [1.807, 2.05) is 0 Å². The third kappa shape index (κ3) is 3.75. The Kier molecular flexibility index (Phi) is 5.46. The van der Waals surface area contributed by atoms with E-state index >= 15 is 0 Å². The lowest BCUT2D eigenvalue weighted by molar-refractivity contribution is 0.189. The Hall–Kier alpha value is -1.03. The van der Waals surface area contributed by atoms with Crippen molar-refractivity contribution in [2.75, 3.05) is 19.0 Å². The number of nitrogens with one attached hydrogen (secondary N) is 1. The molecule has 0 amide bonds. The molecular formula is C16H29N3O. The predicted octanol–water partition coefficient (Wildman–Crippen LogP) is 3.78. The first-order valence-corrected chi connectivity index (χ1v) is 7.95. The highest BCUT2D eigenvalue weighted by Gasteiger charge is 2.24. The van der Waals surface area contributed by atoms with Crippen molar-refractivity contribution >= 4 is 5.95 Å². The fourth-order valence-electron chi connectivity index (χ4n) is 3.30. The molecule has 1 aromatic rings. The number of aromatic nitrogens is 2. The Morgan fingerprint density at radius 3 is 3.00 bits per heavy atom. The van der Waals surface area contributed by atoms with E-state index in [4.69, 9.17) is 4.74 Å². The second-order valence-corrected chi connectivity index (χ2v) is 6.21. The lowest BCUT2D eigenvalue weighted by Gasteiger charge is -2.30. The zero-order chi connectivity index (χ0) is 14.5. The van der Waals surface area contributed by atoms with Crippen LogP contribution in [0.5, 0.6) is 0 Å². The van der Waals surface area contributed by atoms with Crippen LogP contribution < -0.4 is 5.32 Å². The van der Waals surface area contributed by atoms with Crippen LogP contribution in [0.2, 0.25) is 0 Å². The van der Waals surface area contributed by atoms with Crippen LogP contribution in [0, 0.1) is 12.8 Å². The van der Waals surface area contributed by atoms with Crippen LogP contribution in [0.3, 0.4) is 0 Å². The zero-order valence-electron chi connectivity index (χ0n) is 13.4. The highest BCUT2D eigenvalue weighted by Crippen LogP contribution is 2.35. The standard InChI is InChI=1S/C16H29N3O/c1-5-14-7-6-8-15(9-14)19-10-12(2)17-16(19)18-13(3)11-20-4/h10,13-15H,5-9,11H2,1-4H3,(H,17,18). The van der Waals surface area contributed by atoms with Crippen LogP contribution in [-0.4, -0.2) is 29.3 Å². The van der Waals surface area contributed by atoms with Crippen LogP contribution in [0.1, 0.15) is 57.7 Å². The van der Waals surface area contributed by atoms with E-state index in [0.717, 1.165) is 17.6 Å². The van der Waals surface area contributed by atoms with Gasteiger partial charge in [0.15, 0.2) is 0 Å². The van der Waals surface area contributed by atoms with Crippen molar-refractivity contribution in [3.8, 4) is 0 Å². The van der Waals surface area contributed by atoms with Crippen LogP contribution in [0.4, 0.5) is 5.95 Å². The van der Waals surface area contributed by atoms with E-state index in [1.165, 1.54) is 32.1 Å². The molecule has 1 saturated carbocycles. The third-order valence-corrected chi connectivity index (χ3v) is 4.37.